The summed E-state index contributed by atoms with van der Waals surface area (Å²) in [6.07, 6.45) is 3.82. The van der Waals surface area contributed by atoms with Crippen LogP contribution in [0.25, 0.3) is 5.65 Å². The summed E-state index contributed by atoms with van der Waals surface area (Å²) in [6.45, 7) is 2.63. The van der Waals surface area contributed by atoms with Crippen molar-refractivity contribution in [3.8, 4) is 11.5 Å². The Labute approximate surface area is 159 Å². The quantitative estimate of drug-likeness (QED) is 0.665. The highest BCUT2D eigenvalue weighted by molar-refractivity contribution is 5.76. The summed E-state index contributed by atoms with van der Waals surface area (Å²) in [5.41, 5.74) is 4.10. The van der Waals surface area contributed by atoms with Crippen molar-refractivity contribution in [3.05, 3.63) is 59.5 Å². The molecule has 27 heavy (non-hydrogen) atoms. The van der Waals surface area contributed by atoms with Crippen LogP contribution < -0.4 is 14.8 Å². The molecular weight excluding hydrogens is 342 g/mol. The molecule has 3 aromatic rings. The van der Waals surface area contributed by atoms with E-state index in [0.717, 1.165) is 22.6 Å². The van der Waals surface area contributed by atoms with Gasteiger partial charge in [-0.3, -0.25) is 4.79 Å². The molecule has 0 saturated carbocycles. The number of nitrogens with zero attached hydrogens (tertiary/aromatic N) is 2. The molecule has 1 amide bonds. The van der Waals surface area contributed by atoms with E-state index >= 15 is 0 Å². The monoisotopic (exact) mass is 367 g/mol. The lowest BCUT2D eigenvalue weighted by Crippen LogP contribution is -2.25. The van der Waals surface area contributed by atoms with Gasteiger partial charge in [0.1, 0.15) is 5.65 Å². The molecular formula is C21H25N3O3. The number of pyridine rings is 1. The third-order valence-corrected chi connectivity index (χ3v) is 4.54. The second-order valence-corrected chi connectivity index (χ2v) is 6.42. The number of rotatable bonds is 8. The molecule has 2 aromatic heterocycles. The number of benzene rings is 1. The summed E-state index contributed by atoms with van der Waals surface area (Å²) in [5, 5.41) is 2.97. The summed E-state index contributed by atoms with van der Waals surface area (Å²) >= 11 is 0. The van der Waals surface area contributed by atoms with Crippen molar-refractivity contribution in [3.63, 3.8) is 0 Å². The van der Waals surface area contributed by atoms with E-state index in [0.29, 0.717) is 37.3 Å². The van der Waals surface area contributed by atoms with Crippen molar-refractivity contribution >= 4 is 11.6 Å². The van der Waals surface area contributed by atoms with Crippen molar-refractivity contribution < 1.29 is 14.3 Å². The number of nitrogens with one attached hydrogen (secondary N) is 1. The van der Waals surface area contributed by atoms with E-state index in [1.165, 1.54) is 0 Å². The van der Waals surface area contributed by atoms with Crippen LogP contribution in [-0.2, 0) is 17.6 Å². The predicted molar refractivity (Wildman–Crippen MR) is 105 cm³/mol. The standard InChI is InChI=1S/C21H25N3O3/c1-15-5-4-6-20-23-17(14-24(15)20)11-12-22-21(25)10-8-16-7-9-18(26-2)19(13-16)27-3/h4-7,9,13-14H,8,10-12H2,1-3H3,(H,22,25). The fourth-order valence-corrected chi connectivity index (χ4v) is 3.03. The molecule has 0 atom stereocenters. The predicted octanol–water partition coefficient (Wildman–Crippen LogP) is 2.95. The first-order valence-corrected chi connectivity index (χ1v) is 9.02. The number of fused-ring (bicyclic) bond motifs is 1. The van der Waals surface area contributed by atoms with Gasteiger partial charge in [0.2, 0.25) is 5.91 Å². The zero-order valence-electron chi connectivity index (χ0n) is 16.0. The molecule has 2 heterocycles. The molecule has 0 aliphatic heterocycles. The molecule has 0 saturated heterocycles. The molecule has 0 aliphatic rings. The highest BCUT2D eigenvalue weighted by Crippen LogP contribution is 2.27. The minimum Gasteiger partial charge on any atom is -0.493 e. The van der Waals surface area contributed by atoms with Crippen LogP contribution in [-0.4, -0.2) is 36.1 Å². The third kappa shape index (κ3) is 4.58. The molecule has 0 aliphatic carbocycles. The minimum atomic E-state index is 0.0322. The van der Waals surface area contributed by atoms with Crippen molar-refractivity contribution in [2.45, 2.75) is 26.2 Å². The molecule has 0 fully saturated rings. The largest absolute Gasteiger partial charge is 0.493 e. The summed E-state index contributed by atoms with van der Waals surface area (Å²) < 4.78 is 12.6. The lowest BCUT2D eigenvalue weighted by atomic mass is 10.1. The van der Waals surface area contributed by atoms with Gasteiger partial charge < -0.3 is 19.2 Å². The van der Waals surface area contributed by atoms with Crippen LogP contribution >= 0.6 is 0 Å². The van der Waals surface area contributed by atoms with Gasteiger partial charge in [-0.2, -0.15) is 0 Å². The van der Waals surface area contributed by atoms with Gasteiger partial charge in [-0.1, -0.05) is 12.1 Å². The van der Waals surface area contributed by atoms with E-state index in [-0.39, 0.29) is 5.91 Å². The summed E-state index contributed by atoms with van der Waals surface area (Å²) in [7, 11) is 3.21. The number of aryl methyl sites for hydroxylation is 2. The van der Waals surface area contributed by atoms with Gasteiger partial charge in [-0.25, -0.2) is 4.98 Å². The van der Waals surface area contributed by atoms with Crippen LogP contribution in [0.4, 0.5) is 0 Å². The van der Waals surface area contributed by atoms with Gasteiger partial charge in [0.15, 0.2) is 11.5 Å². The molecule has 0 radical (unpaired) electrons. The van der Waals surface area contributed by atoms with E-state index in [1.807, 2.05) is 49.5 Å². The number of hydrogen-bond acceptors (Lipinski definition) is 4. The van der Waals surface area contributed by atoms with Gasteiger partial charge in [0, 0.05) is 31.3 Å². The minimum absolute atomic E-state index is 0.0322. The number of ether oxygens (including phenoxy) is 2. The fourth-order valence-electron chi connectivity index (χ4n) is 3.03. The maximum atomic E-state index is 12.1. The van der Waals surface area contributed by atoms with Crippen LogP contribution in [0.1, 0.15) is 23.4 Å². The van der Waals surface area contributed by atoms with Crippen molar-refractivity contribution in [1.82, 2.24) is 14.7 Å². The number of methoxy groups -OCH3 is 2. The fraction of sp³-hybridized carbons (Fsp3) is 0.333. The molecule has 3 rings (SSSR count). The molecule has 0 unspecified atom stereocenters. The van der Waals surface area contributed by atoms with Gasteiger partial charge in [-0.15, -0.1) is 0 Å². The Morgan fingerprint density at radius 2 is 1.93 bits per heavy atom. The highest BCUT2D eigenvalue weighted by atomic mass is 16.5. The number of carbonyl (C=O) groups excluding carboxylic acids is 1. The average Bonchev–Trinajstić information content (AvgIpc) is 3.10. The van der Waals surface area contributed by atoms with Crippen molar-refractivity contribution in [1.29, 1.82) is 0 Å². The molecule has 0 bridgehead atoms. The van der Waals surface area contributed by atoms with Crippen LogP contribution in [0.15, 0.2) is 42.6 Å². The maximum absolute atomic E-state index is 12.1. The zero-order valence-corrected chi connectivity index (χ0v) is 16.0. The second kappa shape index (κ2) is 8.58. The molecule has 1 N–H and O–H groups in total. The lowest BCUT2D eigenvalue weighted by molar-refractivity contribution is -0.121. The Morgan fingerprint density at radius 3 is 2.67 bits per heavy atom. The normalized spacial score (nSPS) is 10.8. The Kier molecular flexibility index (Phi) is 5.96. The second-order valence-electron chi connectivity index (χ2n) is 6.42. The van der Waals surface area contributed by atoms with E-state index in [9.17, 15) is 4.79 Å². The molecule has 1 aromatic carbocycles. The first-order chi connectivity index (χ1) is 13.1. The number of amides is 1. The van der Waals surface area contributed by atoms with Crippen molar-refractivity contribution in [2.75, 3.05) is 20.8 Å². The SMILES string of the molecule is COc1ccc(CCC(=O)NCCc2cn3c(C)cccc3n2)cc1OC. The van der Waals surface area contributed by atoms with Crippen LogP contribution in [0, 0.1) is 6.92 Å². The Bertz CT molecular complexity index is 934. The van der Waals surface area contributed by atoms with E-state index in [2.05, 4.69) is 14.7 Å². The van der Waals surface area contributed by atoms with Crippen LogP contribution in [0.5, 0.6) is 11.5 Å². The first-order valence-electron chi connectivity index (χ1n) is 9.02. The molecule has 6 nitrogen and oxygen atoms in total. The number of carbonyl (C=O) groups is 1. The Morgan fingerprint density at radius 1 is 1.11 bits per heavy atom. The Hall–Kier alpha value is -3.02. The summed E-state index contributed by atoms with van der Waals surface area (Å²) in [5.74, 6) is 1.40. The zero-order chi connectivity index (χ0) is 19.2. The number of imidazole rings is 1. The highest BCUT2D eigenvalue weighted by Gasteiger charge is 2.08. The van der Waals surface area contributed by atoms with E-state index in [1.54, 1.807) is 14.2 Å². The van der Waals surface area contributed by atoms with Gasteiger partial charge in [-0.05, 0) is 43.2 Å². The van der Waals surface area contributed by atoms with Gasteiger partial charge >= 0.3 is 0 Å². The number of hydrogen-bond donors (Lipinski definition) is 1. The topological polar surface area (TPSA) is 64.9 Å². The van der Waals surface area contributed by atoms with E-state index in [4.69, 9.17) is 9.47 Å². The average molecular weight is 367 g/mol. The summed E-state index contributed by atoms with van der Waals surface area (Å²) in [4.78, 5) is 16.7. The van der Waals surface area contributed by atoms with Gasteiger partial charge in [0.25, 0.3) is 0 Å². The Balaban J connectivity index is 1.47. The molecule has 142 valence electrons. The smallest absolute Gasteiger partial charge is 0.220 e. The third-order valence-electron chi connectivity index (χ3n) is 4.54. The summed E-state index contributed by atoms with van der Waals surface area (Å²) in [6, 6.07) is 11.8. The molecule has 0 spiro atoms. The van der Waals surface area contributed by atoms with Crippen molar-refractivity contribution in [2.24, 2.45) is 0 Å². The van der Waals surface area contributed by atoms with Crippen LogP contribution in [0.2, 0.25) is 0 Å². The van der Waals surface area contributed by atoms with E-state index < -0.39 is 0 Å². The first kappa shape index (κ1) is 18.8. The molecule has 6 heteroatoms. The van der Waals surface area contributed by atoms with Crippen LogP contribution in [0.3, 0.4) is 0 Å². The lowest BCUT2D eigenvalue weighted by Gasteiger charge is -2.09. The number of aromatic nitrogens is 2. The van der Waals surface area contributed by atoms with Gasteiger partial charge in [0.05, 0.1) is 19.9 Å². The maximum Gasteiger partial charge on any atom is 0.220 e.